The summed E-state index contributed by atoms with van der Waals surface area (Å²) in [6.07, 6.45) is 10.00. The van der Waals surface area contributed by atoms with Gasteiger partial charge in [0.05, 0.1) is 0 Å². The van der Waals surface area contributed by atoms with E-state index in [2.05, 4.69) is 40.1 Å². The van der Waals surface area contributed by atoms with Crippen molar-refractivity contribution in [3.63, 3.8) is 0 Å². The Morgan fingerprint density at radius 2 is 1.69 bits per heavy atom. The Morgan fingerprint density at radius 1 is 0.944 bits per heavy atom. The van der Waals surface area contributed by atoms with E-state index in [4.69, 9.17) is 0 Å². The molecule has 1 aliphatic carbocycles. The van der Waals surface area contributed by atoms with Gasteiger partial charge in [0.1, 0.15) is 11.9 Å². The number of hydrogen-bond acceptors (Lipinski definition) is 3. The molecule has 36 heavy (non-hydrogen) atoms. The molecular weight excluding hydrogens is 451 g/mol. The van der Waals surface area contributed by atoms with Crippen LogP contribution >= 0.6 is 0 Å². The first-order valence-corrected chi connectivity index (χ1v) is 14.1. The molecule has 2 saturated heterocycles. The molecule has 194 valence electrons. The van der Waals surface area contributed by atoms with E-state index in [1.807, 2.05) is 12.1 Å². The number of aliphatic carboxylic acids is 1. The van der Waals surface area contributed by atoms with Gasteiger partial charge in [0.2, 0.25) is 0 Å². The summed E-state index contributed by atoms with van der Waals surface area (Å²) in [5.41, 5.74) is 2.66. The predicted octanol–water partition coefficient (Wildman–Crippen LogP) is 5.97. The van der Waals surface area contributed by atoms with Gasteiger partial charge in [0.25, 0.3) is 0 Å². The summed E-state index contributed by atoms with van der Waals surface area (Å²) in [7, 11) is 0. The van der Waals surface area contributed by atoms with E-state index in [0.29, 0.717) is 17.9 Å². The summed E-state index contributed by atoms with van der Waals surface area (Å²) in [5.74, 6) is 1.09. The molecule has 0 spiro atoms. The van der Waals surface area contributed by atoms with Crippen molar-refractivity contribution in [3.8, 4) is 0 Å². The maximum atomic E-state index is 13.1. The molecule has 4 nitrogen and oxygen atoms in total. The van der Waals surface area contributed by atoms with E-state index in [1.54, 1.807) is 12.1 Å². The average Bonchev–Trinajstić information content (AvgIpc) is 3.54. The number of nitrogens with zero attached hydrogens (tertiary/aromatic N) is 2. The largest absolute Gasteiger partial charge is 0.480 e. The molecule has 3 fully saturated rings. The van der Waals surface area contributed by atoms with Crippen molar-refractivity contribution < 1.29 is 14.3 Å². The van der Waals surface area contributed by atoms with Crippen molar-refractivity contribution in [1.82, 2.24) is 9.80 Å². The smallest absolute Gasteiger partial charge is 0.320 e. The highest BCUT2D eigenvalue weighted by Crippen LogP contribution is 2.44. The Morgan fingerprint density at radius 3 is 2.42 bits per heavy atom. The van der Waals surface area contributed by atoms with Crippen molar-refractivity contribution in [3.05, 3.63) is 71.5 Å². The van der Waals surface area contributed by atoms with Gasteiger partial charge in [-0.05, 0) is 112 Å². The molecule has 5 heteroatoms. The van der Waals surface area contributed by atoms with Gasteiger partial charge in [-0.3, -0.25) is 9.69 Å². The monoisotopic (exact) mass is 492 g/mol. The number of rotatable bonds is 9. The van der Waals surface area contributed by atoms with Crippen molar-refractivity contribution in [1.29, 1.82) is 0 Å². The van der Waals surface area contributed by atoms with Crippen LogP contribution in [0.15, 0.2) is 54.6 Å². The number of piperidine rings is 1. The van der Waals surface area contributed by atoms with Crippen LogP contribution in [-0.2, 0) is 11.2 Å². The minimum atomic E-state index is -0.645. The van der Waals surface area contributed by atoms with E-state index in [9.17, 15) is 14.3 Å². The molecule has 2 aromatic rings. The van der Waals surface area contributed by atoms with Gasteiger partial charge >= 0.3 is 5.97 Å². The van der Waals surface area contributed by atoms with E-state index in [0.717, 1.165) is 51.1 Å². The quantitative estimate of drug-likeness (QED) is 0.468. The van der Waals surface area contributed by atoms with E-state index >= 15 is 0 Å². The third-order valence-corrected chi connectivity index (χ3v) is 9.14. The molecule has 3 aliphatic rings. The first kappa shape index (κ1) is 25.4. The number of likely N-dealkylation sites (tertiary alicyclic amines) is 2. The molecule has 1 N–H and O–H groups in total. The molecule has 0 amide bonds. The van der Waals surface area contributed by atoms with Crippen LogP contribution in [0.1, 0.15) is 68.4 Å². The molecule has 4 unspecified atom stereocenters. The Labute approximate surface area is 215 Å². The highest BCUT2D eigenvalue weighted by Gasteiger charge is 2.43. The molecular formula is C31H41FN2O2. The molecule has 0 aromatic heterocycles. The third kappa shape index (κ3) is 6.18. The molecule has 2 aliphatic heterocycles. The third-order valence-electron chi connectivity index (χ3n) is 9.14. The lowest BCUT2D eigenvalue weighted by atomic mass is 9.87. The van der Waals surface area contributed by atoms with Gasteiger partial charge in [-0.2, -0.15) is 0 Å². The van der Waals surface area contributed by atoms with Crippen molar-refractivity contribution >= 4 is 5.97 Å². The van der Waals surface area contributed by atoms with Crippen LogP contribution in [0.3, 0.4) is 0 Å². The predicted molar refractivity (Wildman–Crippen MR) is 142 cm³/mol. The second-order valence-corrected chi connectivity index (χ2v) is 11.4. The van der Waals surface area contributed by atoms with E-state index in [-0.39, 0.29) is 11.9 Å². The average molecular weight is 493 g/mol. The summed E-state index contributed by atoms with van der Waals surface area (Å²) in [4.78, 5) is 16.8. The van der Waals surface area contributed by atoms with Gasteiger partial charge in [-0.25, -0.2) is 4.39 Å². The van der Waals surface area contributed by atoms with Crippen LogP contribution in [0.25, 0.3) is 0 Å². The number of aryl methyl sites for hydroxylation is 1. The van der Waals surface area contributed by atoms with Crippen molar-refractivity contribution in [2.45, 2.75) is 75.8 Å². The fourth-order valence-corrected chi connectivity index (χ4v) is 7.20. The van der Waals surface area contributed by atoms with Crippen LogP contribution in [-0.4, -0.2) is 59.1 Å². The topological polar surface area (TPSA) is 43.8 Å². The molecule has 0 bridgehead atoms. The lowest BCUT2D eigenvalue weighted by molar-refractivity contribution is -0.142. The van der Waals surface area contributed by atoms with Crippen LogP contribution < -0.4 is 0 Å². The zero-order valence-corrected chi connectivity index (χ0v) is 21.4. The Bertz CT molecular complexity index is 974. The van der Waals surface area contributed by atoms with Gasteiger partial charge in [-0.1, -0.05) is 48.9 Å². The Kier molecular flexibility index (Phi) is 8.38. The fraction of sp³-hybridized carbons (Fsp3) is 0.581. The summed E-state index contributed by atoms with van der Waals surface area (Å²) in [5, 5.41) is 9.75. The summed E-state index contributed by atoms with van der Waals surface area (Å²) in [6.45, 7) is 4.40. The van der Waals surface area contributed by atoms with E-state index < -0.39 is 5.97 Å². The maximum Gasteiger partial charge on any atom is 0.320 e. The zero-order valence-electron chi connectivity index (χ0n) is 21.4. The second kappa shape index (κ2) is 11.9. The molecule has 1 saturated carbocycles. The highest BCUT2D eigenvalue weighted by atomic mass is 19.1. The lowest BCUT2D eigenvalue weighted by Crippen LogP contribution is -2.42. The van der Waals surface area contributed by atoms with Crippen molar-refractivity contribution in [2.24, 2.45) is 11.8 Å². The second-order valence-electron chi connectivity index (χ2n) is 11.4. The number of hydrogen-bond donors (Lipinski definition) is 1. The number of carboxylic acid groups (broad SMARTS) is 1. The zero-order chi connectivity index (χ0) is 24.9. The normalized spacial score (nSPS) is 28.0. The Balaban J connectivity index is 1.14. The van der Waals surface area contributed by atoms with Crippen LogP contribution in [0.5, 0.6) is 0 Å². The highest BCUT2D eigenvalue weighted by molar-refractivity contribution is 5.73. The minimum Gasteiger partial charge on any atom is -0.480 e. The van der Waals surface area contributed by atoms with E-state index in [1.165, 1.54) is 49.9 Å². The number of carboxylic acids is 1. The SMILES string of the molecule is O=C(O)C1CCCN1C1CC(CN2CCC(CCCc3ccc(F)cc3)CC2)C(c2ccccc2)C1. The van der Waals surface area contributed by atoms with Gasteiger partial charge in [-0.15, -0.1) is 0 Å². The fourth-order valence-electron chi connectivity index (χ4n) is 7.20. The van der Waals surface area contributed by atoms with Gasteiger partial charge in [0.15, 0.2) is 0 Å². The minimum absolute atomic E-state index is 0.156. The number of halogens is 1. The first-order valence-electron chi connectivity index (χ1n) is 14.1. The lowest BCUT2D eigenvalue weighted by Gasteiger charge is -2.35. The summed E-state index contributed by atoms with van der Waals surface area (Å²) < 4.78 is 13.1. The standard InChI is InChI=1S/C31H41FN2O2/c32-27-13-11-23(12-14-27)6-4-7-24-15-18-33(19-16-24)22-26-20-28(34-17-5-10-30(34)31(35)36)21-29(26)25-8-2-1-3-9-25/h1-3,8-9,11-14,24,26,28-30H,4-7,10,15-22H2,(H,35,36). The number of carbonyl (C=O) groups is 1. The molecule has 2 aromatic carbocycles. The first-order chi connectivity index (χ1) is 17.6. The summed E-state index contributed by atoms with van der Waals surface area (Å²) in [6, 6.07) is 18.0. The van der Waals surface area contributed by atoms with Crippen LogP contribution in [0.4, 0.5) is 4.39 Å². The molecule has 5 rings (SSSR count). The molecule has 0 radical (unpaired) electrons. The van der Waals surface area contributed by atoms with Crippen LogP contribution in [0.2, 0.25) is 0 Å². The van der Waals surface area contributed by atoms with Gasteiger partial charge < -0.3 is 10.0 Å². The molecule has 2 heterocycles. The number of benzene rings is 2. The Hall–Kier alpha value is -2.24. The molecule has 4 atom stereocenters. The van der Waals surface area contributed by atoms with Crippen LogP contribution in [0, 0.1) is 17.7 Å². The van der Waals surface area contributed by atoms with Crippen molar-refractivity contribution in [2.75, 3.05) is 26.2 Å². The summed E-state index contributed by atoms with van der Waals surface area (Å²) >= 11 is 0. The maximum absolute atomic E-state index is 13.1. The van der Waals surface area contributed by atoms with Gasteiger partial charge in [0, 0.05) is 12.6 Å².